The Morgan fingerprint density at radius 3 is 2.37 bits per heavy atom. The number of sulfone groups is 1. The van der Waals surface area contributed by atoms with E-state index in [-0.39, 0.29) is 18.5 Å². The predicted octanol–water partition coefficient (Wildman–Crippen LogP) is 2.58. The smallest absolute Gasteiger partial charge is 0.444 e. The summed E-state index contributed by atoms with van der Waals surface area (Å²) < 4.78 is 66.4. The number of benzene rings is 1. The van der Waals surface area contributed by atoms with E-state index < -0.39 is 55.9 Å². The molecule has 0 bridgehead atoms. The lowest BCUT2D eigenvalue weighted by Crippen LogP contribution is -2.48. The van der Waals surface area contributed by atoms with Crippen LogP contribution in [-0.4, -0.2) is 48.8 Å². The van der Waals surface area contributed by atoms with Crippen molar-refractivity contribution in [3.63, 3.8) is 0 Å². The highest BCUT2D eigenvalue weighted by Gasteiger charge is 2.47. The number of halogens is 3. The number of alkyl carbamates (subject to hydrolysis) is 1. The summed E-state index contributed by atoms with van der Waals surface area (Å²) in [6.07, 6.45) is -1.44. The number of alkyl halides is 3. The number of aliphatic hydroxyl groups is 1. The molecule has 3 atom stereocenters. The van der Waals surface area contributed by atoms with Gasteiger partial charge in [0.25, 0.3) is 9.84 Å². The second-order valence-electron chi connectivity index (χ2n) is 7.89. The normalized spacial score (nSPS) is 22.4. The zero-order valence-corrected chi connectivity index (χ0v) is 17.3. The molecule has 1 aliphatic carbocycles. The highest BCUT2D eigenvalue weighted by atomic mass is 32.2. The molecule has 2 rings (SSSR count). The van der Waals surface area contributed by atoms with Gasteiger partial charge in [0.05, 0.1) is 23.0 Å². The summed E-state index contributed by atoms with van der Waals surface area (Å²) in [6, 6.07) is 2.79. The molecule has 3 N–H and O–H groups in total. The molecule has 168 valence electrons. The maximum atomic E-state index is 12.7. The molecular weight excluding hydrogens is 429 g/mol. The first-order chi connectivity index (χ1) is 13.6. The fraction of sp³-hybridized carbons (Fsp3) is 0.556. The number of hydrogen-bond donors (Lipinski definition) is 3. The van der Waals surface area contributed by atoms with Gasteiger partial charge in [0, 0.05) is 5.69 Å². The van der Waals surface area contributed by atoms with Gasteiger partial charge < -0.3 is 20.5 Å². The van der Waals surface area contributed by atoms with Gasteiger partial charge in [-0.2, -0.15) is 13.2 Å². The minimum Gasteiger partial charge on any atom is -0.444 e. The first kappa shape index (κ1) is 23.9. The Balaban J connectivity index is 2.15. The second-order valence-corrected chi connectivity index (χ2v) is 9.83. The molecule has 0 heterocycles. The Bertz CT molecular complexity index is 911. The third-order valence-corrected chi connectivity index (χ3v) is 5.84. The van der Waals surface area contributed by atoms with E-state index in [1.54, 1.807) is 20.8 Å². The number of amides is 2. The molecule has 0 spiro atoms. The number of carbonyl (C=O) groups excluding carboxylic acids is 2. The van der Waals surface area contributed by atoms with Crippen LogP contribution in [-0.2, 0) is 19.4 Å². The van der Waals surface area contributed by atoms with Crippen LogP contribution in [0.2, 0.25) is 0 Å². The third kappa shape index (κ3) is 5.63. The summed E-state index contributed by atoms with van der Waals surface area (Å²) in [7, 11) is -5.57. The number of nitrogens with one attached hydrogen (secondary N) is 2. The average Bonchev–Trinajstić information content (AvgIpc) is 2.93. The quantitative estimate of drug-likeness (QED) is 0.646. The molecule has 1 unspecified atom stereocenters. The maximum Gasteiger partial charge on any atom is 0.501 e. The van der Waals surface area contributed by atoms with Gasteiger partial charge in [-0.05, 0) is 51.8 Å². The summed E-state index contributed by atoms with van der Waals surface area (Å²) >= 11 is 0. The van der Waals surface area contributed by atoms with Crippen LogP contribution in [0.1, 0.15) is 33.6 Å². The maximum absolute atomic E-state index is 12.7. The number of carbonyl (C=O) groups is 2. The van der Waals surface area contributed by atoms with Crippen molar-refractivity contribution in [1.82, 2.24) is 5.32 Å². The van der Waals surface area contributed by atoms with E-state index in [0.717, 1.165) is 12.1 Å². The highest BCUT2D eigenvalue weighted by molar-refractivity contribution is 7.92. The number of aliphatic hydroxyl groups excluding tert-OH is 1. The molecule has 0 radical (unpaired) electrons. The second kappa shape index (κ2) is 8.42. The van der Waals surface area contributed by atoms with Crippen LogP contribution in [0.25, 0.3) is 0 Å². The Morgan fingerprint density at radius 1 is 1.17 bits per heavy atom. The lowest BCUT2D eigenvalue weighted by Gasteiger charge is -2.26. The van der Waals surface area contributed by atoms with Gasteiger partial charge in [0.15, 0.2) is 0 Å². The molecule has 1 aromatic carbocycles. The van der Waals surface area contributed by atoms with Crippen molar-refractivity contribution < 1.29 is 41.0 Å². The standard InChI is InChI=1S/C18H23F3N2O6S/c1-17(2,3)29-16(26)23-14-12(7-8-13(14)24)15(25)22-10-5-4-6-11(9-10)30(27,28)18(19,20)21/h4-6,9,12-14,24H,7-8H2,1-3H3,(H,22,25)(H,23,26)/t12?,13-,14+/m1/s1. The summed E-state index contributed by atoms with van der Waals surface area (Å²) in [5, 5.41) is 14.9. The third-order valence-electron chi connectivity index (χ3n) is 4.36. The van der Waals surface area contributed by atoms with E-state index in [9.17, 15) is 36.3 Å². The van der Waals surface area contributed by atoms with Crippen molar-refractivity contribution in [3.8, 4) is 0 Å². The lowest BCUT2D eigenvalue weighted by atomic mass is 10.0. The minimum atomic E-state index is -5.57. The summed E-state index contributed by atoms with van der Waals surface area (Å²) in [6.45, 7) is 4.93. The Morgan fingerprint density at radius 2 is 1.80 bits per heavy atom. The number of anilines is 1. The van der Waals surface area contributed by atoms with Crippen LogP contribution >= 0.6 is 0 Å². The molecule has 1 aliphatic rings. The van der Waals surface area contributed by atoms with E-state index in [4.69, 9.17) is 4.74 Å². The van der Waals surface area contributed by atoms with Crippen molar-refractivity contribution in [3.05, 3.63) is 24.3 Å². The van der Waals surface area contributed by atoms with Crippen LogP contribution < -0.4 is 10.6 Å². The zero-order valence-electron chi connectivity index (χ0n) is 16.5. The van der Waals surface area contributed by atoms with E-state index in [0.29, 0.717) is 6.07 Å². The molecule has 1 saturated carbocycles. The van der Waals surface area contributed by atoms with Gasteiger partial charge in [-0.25, -0.2) is 13.2 Å². The predicted molar refractivity (Wildman–Crippen MR) is 100 cm³/mol. The van der Waals surface area contributed by atoms with Gasteiger partial charge >= 0.3 is 11.6 Å². The minimum absolute atomic E-state index is 0.164. The van der Waals surface area contributed by atoms with E-state index >= 15 is 0 Å². The fourth-order valence-electron chi connectivity index (χ4n) is 3.02. The largest absolute Gasteiger partial charge is 0.501 e. The zero-order chi connectivity index (χ0) is 22.9. The monoisotopic (exact) mass is 452 g/mol. The first-order valence-electron chi connectivity index (χ1n) is 9.02. The van der Waals surface area contributed by atoms with E-state index in [1.807, 2.05) is 0 Å². The fourth-order valence-corrected chi connectivity index (χ4v) is 3.83. The Kier molecular flexibility index (Phi) is 6.72. The van der Waals surface area contributed by atoms with Gasteiger partial charge in [0.2, 0.25) is 5.91 Å². The lowest BCUT2D eigenvalue weighted by molar-refractivity contribution is -0.120. The molecule has 1 aromatic rings. The first-order valence-corrected chi connectivity index (χ1v) is 10.5. The number of ether oxygens (including phenoxy) is 1. The number of rotatable bonds is 4. The molecule has 12 heteroatoms. The van der Waals surface area contributed by atoms with Crippen molar-refractivity contribution in [2.24, 2.45) is 5.92 Å². The number of hydrogen-bond acceptors (Lipinski definition) is 6. The Hall–Kier alpha value is -2.34. The van der Waals surface area contributed by atoms with E-state index in [2.05, 4.69) is 10.6 Å². The average molecular weight is 452 g/mol. The topological polar surface area (TPSA) is 122 Å². The van der Waals surface area contributed by atoms with Crippen molar-refractivity contribution in [1.29, 1.82) is 0 Å². The van der Waals surface area contributed by atoms with Gasteiger partial charge in [-0.15, -0.1) is 0 Å². The molecule has 8 nitrogen and oxygen atoms in total. The Labute approximate surface area is 171 Å². The molecule has 0 saturated heterocycles. The van der Waals surface area contributed by atoms with Crippen LogP contribution in [0.5, 0.6) is 0 Å². The molecular formula is C18H23F3N2O6S. The van der Waals surface area contributed by atoms with Gasteiger partial charge in [-0.1, -0.05) is 6.07 Å². The summed E-state index contributed by atoms with van der Waals surface area (Å²) in [5.41, 5.74) is -6.44. The molecule has 2 amide bonds. The van der Waals surface area contributed by atoms with Crippen LogP contribution in [0.15, 0.2) is 29.2 Å². The van der Waals surface area contributed by atoms with E-state index in [1.165, 1.54) is 6.07 Å². The molecule has 0 aromatic heterocycles. The van der Waals surface area contributed by atoms with Gasteiger partial charge in [-0.3, -0.25) is 4.79 Å². The van der Waals surface area contributed by atoms with Crippen molar-refractivity contribution in [2.45, 2.75) is 61.8 Å². The summed E-state index contributed by atoms with van der Waals surface area (Å²) in [4.78, 5) is 23.6. The van der Waals surface area contributed by atoms with Crippen molar-refractivity contribution >= 4 is 27.5 Å². The van der Waals surface area contributed by atoms with Crippen LogP contribution in [0.3, 0.4) is 0 Å². The van der Waals surface area contributed by atoms with Crippen molar-refractivity contribution in [2.75, 3.05) is 5.32 Å². The molecule has 1 fully saturated rings. The molecule has 0 aliphatic heterocycles. The van der Waals surface area contributed by atoms with Crippen LogP contribution in [0.4, 0.5) is 23.7 Å². The SMILES string of the molecule is CC(C)(C)OC(=O)N[C@H]1C(C(=O)Nc2cccc(S(=O)(=O)C(F)(F)F)c2)CC[C@H]1O. The molecule has 30 heavy (non-hydrogen) atoms. The van der Waals surface area contributed by atoms with Gasteiger partial charge in [0.1, 0.15) is 5.60 Å². The summed E-state index contributed by atoms with van der Waals surface area (Å²) in [5.74, 6) is -1.58. The highest BCUT2D eigenvalue weighted by Crippen LogP contribution is 2.32. The van der Waals surface area contributed by atoms with Crippen LogP contribution in [0, 0.1) is 5.92 Å².